The zero-order valence-corrected chi connectivity index (χ0v) is 16.0. The molecule has 1 saturated heterocycles. The average molecular weight is 355 g/mol. The standard InChI is InChI=1S/C20H29N5O/c1-15-19(14-21-16-4-5-16)20(24-12-10-23(2)11-13-24)25(22-15)17-6-8-18(26-3)9-7-17/h6-9,16,21H,4-5,10-14H2,1-3H3. The van der Waals surface area contributed by atoms with Crippen molar-refractivity contribution in [2.75, 3.05) is 45.2 Å². The van der Waals surface area contributed by atoms with Crippen LogP contribution in [0.15, 0.2) is 24.3 Å². The summed E-state index contributed by atoms with van der Waals surface area (Å²) >= 11 is 0. The van der Waals surface area contributed by atoms with Crippen molar-refractivity contribution in [3.8, 4) is 11.4 Å². The number of aryl methyl sites for hydroxylation is 1. The van der Waals surface area contributed by atoms with Crippen LogP contribution in [0.3, 0.4) is 0 Å². The Bertz CT molecular complexity index is 742. The molecule has 0 bridgehead atoms. The smallest absolute Gasteiger partial charge is 0.137 e. The summed E-state index contributed by atoms with van der Waals surface area (Å²) in [5.74, 6) is 2.11. The molecule has 2 aromatic rings. The number of aromatic nitrogens is 2. The van der Waals surface area contributed by atoms with Crippen LogP contribution in [0.4, 0.5) is 5.82 Å². The molecule has 2 aliphatic rings. The van der Waals surface area contributed by atoms with Gasteiger partial charge < -0.3 is 19.9 Å². The van der Waals surface area contributed by atoms with Crippen molar-refractivity contribution in [3.63, 3.8) is 0 Å². The van der Waals surface area contributed by atoms with Crippen LogP contribution in [-0.2, 0) is 6.54 Å². The Balaban J connectivity index is 1.69. The summed E-state index contributed by atoms with van der Waals surface area (Å²) in [6, 6.07) is 8.87. The zero-order chi connectivity index (χ0) is 18.1. The van der Waals surface area contributed by atoms with Gasteiger partial charge in [0.25, 0.3) is 0 Å². The fourth-order valence-corrected chi connectivity index (χ4v) is 3.53. The summed E-state index contributed by atoms with van der Waals surface area (Å²) in [6.07, 6.45) is 2.60. The van der Waals surface area contributed by atoms with Crippen LogP contribution in [0.25, 0.3) is 5.69 Å². The Morgan fingerprint density at radius 2 is 1.81 bits per heavy atom. The number of hydrogen-bond acceptors (Lipinski definition) is 5. The predicted molar refractivity (Wildman–Crippen MR) is 104 cm³/mol. The number of benzene rings is 1. The van der Waals surface area contributed by atoms with E-state index in [1.807, 2.05) is 12.1 Å². The summed E-state index contributed by atoms with van der Waals surface area (Å²) in [4.78, 5) is 4.88. The first-order valence-corrected chi connectivity index (χ1v) is 9.55. The normalized spacial score (nSPS) is 18.3. The van der Waals surface area contributed by atoms with E-state index >= 15 is 0 Å². The molecule has 6 nitrogen and oxygen atoms in total. The first-order chi connectivity index (χ1) is 12.7. The molecular formula is C20H29N5O. The maximum absolute atomic E-state index is 5.31. The molecule has 0 radical (unpaired) electrons. The molecule has 0 spiro atoms. The topological polar surface area (TPSA) is 45.6 Å². The fraction of sp³-hybridized carbons (Fsp3) is 0.550. The number of piperazine rings is 1. The summed E-state index contributed by atoms with van der Waals surface area (Å²) < 4.78 is 7.42. The average Bonchev–Trinajstić information content (AvgIpc) is 3.43. The lowest BCUT2D eigenvalue weighted by Crippen LogP contribution is -2.45. The Labute approximate surface area is 155 Å². The number of anilines is 1. The summed E-state index contributed by atoms with van der Waals surface area (Å²) in [5.41, 5.74) is 3.53. The van der Waals surface area contributed by atoms with Crippen LogP contribution in [0.5, 0.6) is 5.75 Å². The minimum Gasteiger partial charge on any atom is -0.497 e. The van der Waals surface area contributed by atoms with Gasteiger partial charge in [-0.3, -0.25) is 0 Å². The molecule has 0 amide bonds. The van der Waals surface area contributed by atoms with Gasteiger partial charge in [0.2, 0.25) is 0 Å². The van der Waals surface area contributed by atoms with E-state index in [1.54, 1.807) is 7.11 Å². The van der Waals surface area contributed by atoms with Gasteiger partial charge in [-0.1, -0.05) is 0 Å². The van der Waals surface area contributed by atoms with Crippen molar-refractivity contribution < 1.29 is 4.74 Å². The van der Waals surface area contributed by atoms with Gasteiger partial charge in [0.15, 0.2) is 0 Å². The van der Waals surface area contributed by atoms with Crippen molar-refractivity contribution >= 4 is 5.82 Å². The van der Waals surface area contributed by atoms with E-state index in [2.05, 4.69) is 45.9 Å². The van der Waals surface area contributed by atoms with Crippen molar-refractivity contribution in [1.29, 1.82) is 0 Å². The molecule has 2 heterocycles. The van der Waals surface area contributed by atoms with Crippen LogP contribution < -0.4 is 15.0 Å². The third-order valence-corrected chi connectivity index (χ3v) is 5.42. The van der Waals surface area contributed by atoms with Crippen LogP contribution in [0, 0.1) is 6.92 Å². The third-order valence-electron chi connectivity index (χ3n) is 5.42. The minimum atomic E-state index is 0.694. The fourth-order valence-electron chi connectivity index (χ4n) is 3.53. The first kappa shape index (κ1) is 17.4. The van der Waals surface area contributed by atoms with Crippen LogP contribution in [0.2, 0.25) is 0 Å². The van der Waals surface area contributed by atoms with Gasteiger partial charge in [-0.15, -0.1) is 0 Å². The number of methoxy groups -OCH3 is 1. The van der Waals surface area contributed by atoms with E-state index in [0.717, 1.165) is 49.9 Å². The molecular weight excluding hydrogens is 326 g/mol. The van der Waals surface area contributed by atoms with Crippen molar-refractivity contribution in [2.24, 2.45) is 0 Å². The van der Waals surface area contributed by atoms with E-state index in [9.17, 15) is 0 Å². The minimum absolute atomic E-state index is 0.694. The predicted octanol–water partition coefficient (Wildman–Crippen LogP) is 2.19. The molecule has 1 aliphatic heterocycles. The van der Waals surface area contributed by atoms with Gasteiger partial charge in [0, 0.05) is 44.3 Å². The van der Waals surface area contributed by atoms with Gasteiger partial charge in [-0.25, -0.2) is 4.68 Å². The molecule has 26 heavy (non-hydrogen) atoms. The van der Waals surface area contributed by atoms with Crippen LogP contribution >= 0.6 is 0 Å². The van der Waals surface area contributed by atoms with E-state index in [-0.39, 0.29) is 0 Å². The molecule has 6 heteroatoms. The molecule has 1 aliphatic carbocycles. The summed E-state index contributed by atoms with van der Waals surface area (Å²) in [5, 5.41) is 8.58. The summed E-state index contributed by atoms with van der Waals surface area (Å²) in [6.45, 7) is 7.27. The highest BCUT2D eigenvalue weighted by atomic mass is 16.5. The lowest BCUT2D eigenvalue weighted by Gasteiger charge is -2.34. The monoisotopic (exact) mass is 355 g/mol. The number of likely N-dealkylation sites (N-methyl/N-ethyl adjacent to an activating group) is 1. The Morgan fingerprint density at radius 3 is 2.42 bits per heavy atom. The number of rotatable bonds is 6. The molecule has 0 atom stereocenters. The maximum Gasteiger partial charge on any atom is 0.137 e. The highest BCUT2D eigenvalue weighted by Gasteiger charge is 2.26. The molecule has 4 rings (SSSR count). The second kappa shape index (κ2) is 7.29. The van der Waals surface area contributed by atoms with Crippen molar-refractivity contribution in [2.45, 2.75) is 32.4 Å². The number of nitrogens with one attached hydrogen (secondary N) is 1. The maximum atomic E-state index is 5.31. The highest BCUT2D eigenvalue weighted by Crippen LogP contribution is 2.30. The molecule has 1 saturated carbocycles. The molecule has 2 fully saturated rings. The van der Waals surface area contributed by atoms with Gasteiger partial charge in [-0.2, -0.15) is 5.10 Å². The Morgan fingerprint density at radius 1 is 1.12 bits per heavy atom. The van der Waals surface area contributed by atoms with Gasteiger partial charge in [-0.05, 0) is 51.1 Å². The van der Waals surface area contributed by atoms with Crippen LogP contribution in [0.1, 0.15) is 24.1 Å². The molecule has 1 N–H and O–H groups in total. The number of nitrogens with zero attached hydrogens (tertiary/aromatic N) is 4. The molecule has 1 aromatic heterocycles. The lowest BCUT2D eigenvalue weighted by molar-refractivity contribution is 0.311. The number of hydrogen-bond donors (Lipinski definition) is 1. The number of ether oxygens (including phenoxy) is 1. The zero-order valence-electron chi connectivity index (χ0n) is 16.0. The van der Waals surface area contributed by atoms with Crippen molar-refractivity contribution in [3.05, 3.63) is 35.5 Å². The van der Waals surface area contributed by atoms with Gasteiger partial charge >= 0.3 is 0 Å². The van der Waals surface area contributed by atoms with E-state index in [0.29, 0.717) is 6.04 Å². The largest absolute Gasteiger partial charge is 0.497 e. The Hall–Kier alpha value is -2.05. The van der Waals surface area contributed by atoms with Gasteiger partial charge in [0.1, 0.15) is 11.6 Å². The molecule has 1 aromatic carbocycles. The molecule has 140 valence electrons. The van der Waals surface area contributed by atoms with E-state index < -0.39 is 0 Å². The van der Waals surface area contributed by atoms with E-state index in [1.165, 1.54) is 24.2 Å². The SMILES string of the molecule is COc1ccc(-n2nc(C)c(CNC3CC3)c2N2CCN(C)CC2)cc1. The van der Waals surface area contributed by atoms with Crippen molar-refractivity contribution in [1.82, 2.24) is 20.0 Å². The van der Waals surface area contributed by atoms with E-state index in [4.69, 9.17) is 9.84 Å². The summed E-state index contributed by atoms with van der Waals surface area (Å²) in [7, 11) is 3.89. The lowest BCUT2D eigenvalue weighted by atomic mass is 10.2. The third kappa shape index (κ3) is 3.57. The second-order valence-corrected chi connectivity index (χ2v) is 7.44. The first-order valence-electron chi connectivity index (χ1n) is 9.55. The second-order valence-electron chi connectivity index (χ2n) is 7.44. The molecule has 0 unspecified atom stereocenters. The highest BCUT2D eigenvalue weighted by molar-refractivity contribution is 5.56. The van der Waals surface area contributed by atoms with Crippen LogP contribution in [-0.4, -0.2) is 61.1 Å². The quantitative estimate of drug-likeness (QED) is 0.861. The van der Waals surface area contributed by atoms with Gasteiger partial charge in [0.05, 0.1) is 18.5 Å². The Kier molecular flexibility index (Phi) is 4.87.